The molecule has 1 heterocycles. The minimum absolute atomic E-state index is 0.344. The monoisotopic (exact) mass is 250 g/mol. The summed E-state index contributed by atoms with van der Waals surface area (Å²) in [5, 5.41) is 9.49. The number of halogens is 1. The van der Waals surface area contributed by atoms with Crippen molar-refractivity contribution in [1.82, 2.24) is 0 Å². The Labute approximate surface area is 105 Å². The van der Waals surface area contributed by atoms with Crippen LogP contribution in [-0.4, -0.2) is 17.7 Å². The molecule has 2 aliphatic rings. The smallest absolute Gasteiger partial charge is 0.314 e. The number of hydrogen-bond donors (Lipinski definition) is 1. The average Bonchev–Trinajstić information content (AvgIpc) is 2.95. The van der Waals surface area contributed by atoms with Gasteiger partial charge in [-0.25, -0.2) is 4.39 Å². The first-order valence-corrected chi connectivity index (χ1v) is 6.32. The van der Waals surface area contributed by atoms with Crippen molar-refractivity contribution in [3.05, 3.63) is 29.1 Å². The second-order valence-corrected chi connectivity index (χ2v) is 5.13. The first-order chi connectivity index (χ1) is 8.63. The van der Waals surface area contributed by atoms with E-state index < -0.39 is 17.2 Å². The van der Waals surface area contributed by atoms with Crippen molar-refractivity contribution in [3.8, 4) is 5.75 Å². The highest BCUT2D eigenvalue weighted by Gasteiger charge is 2.45. The number of carbonyl (C=O) groups is 1. The summed E-state index contributed by atoms with van der Waals surface area (Å²) in [6.07, 6.45) is 3.48. The maximum Gasteiger partial charge on any atom is 0.314 e. The van der Waals surface area contributed by atoms with Gasteiger partial charge in [-0.05, 0) is 24.5 Å². The van der Waals surface area contributed by atoms with Crippen LogP contribution in [0.15, 0.2) is 12.1 Å². The summed E-state index contributed by atoms with van der Waals surface area (Å²) in [5.41, 5.74) is 0.248. The topological polar surface area (TPSA) is 46.5 Å². The minimum Gasteiger partial charge on any atom is -0.493 e. The van der Waals surface area contributed by atoms with Gasteiger partial charge in [-0.15, -0.1) is 0 Å². The van der Waals surface area contributed by atoms with Crippen molar-refractivity contribution in [2.45, 2.75) is 37.5 Å². The molecule has 0 bridgehead atoms. The lowest BCUT2D eigenvalue weighted by Gasteiger charge is -2.25. The molecule has 18 heavy (non-hydrogen) atoms. The lowest BCUT2D eigenvalue weighted by Crippen LogP contribution is -2.33. The summed E-state index contributed by atoms with van der Waals surface area (Å²) < 4.78 is 19.5. The molecule has 0 radical (unpaired) electrons. The molecule has 1 aromatic carbocycles. The van der Waals surface area contributed by atoms with Gasteiger partial charge < -0.3 is 9.84 Å². The van der Waals surface area contributed by atoms with Crippen molar-refractivity contribution in [3.63, 3.8) is 0 Å². The molecule has 1 aliphatic heterocycles. The second kappa shape index (κ2) is 3.97. The van der Waals surface area contributed by atoms with Crippen LogP contribution in [0, 0.1) is 5.82 Å². The number of rotatable bonds is 2. The summed E-state index contributed by atoms with van der Waals surface area (Å²) >= 11 is 0. The van der Waals surface area contributed by atoms with Crippen molar-refractivity contribution in [1.29, 1.82) is 0 Å². The van der Waals surface area contributed by atoms with E-state index >= 15 is 0 Å². The van der Waals surface area contributed by atoms with Gasteiger partial charge in [0.1, 0.15) is 11.6 Å². The quantitative estimate of drug-likeness (QED) is 0.877. The van der Waals surface area contributed by atoms with Crippen LogP contribution in [0.25, 0.3) is 0 Å². The molecule has 1 aliphatic carbocycles. The third-order valence-corrected chi connectivity index (χ3v) is 4.16. The molecular formula is C14H15FO3. The number of benzene rings is 1. The molecule has 1 fully saturated rings. The predicted molar refractivity (Wildman–Crippen MR) is 63.4 cm³/mol. The number of carboxylic acids is 1. The van der Waals surface area contributed by atoms with E-state index in [2.05, 4.69) is 0 Å². The molecule has 0 aromatic heterocycles. The maximum absolute atomic E-state index is 14.2. The fraction of sp³-hybridized carbons (Fsp3) is 0.500. The highest BCUT2D eigenvalue weighted by molar-refractivity contribution is 5.82. The molecule has 0 amide bonds. The van der Waals surface area contributed by atoms with Crippen LogP contribution in [0.1, 0.15) is 36.8 Å². The average molecular weight is 250 g/mol. The van der Waals surface area contributed by atoms with Crippen LogP contribution in [-0.2, 0) is 16.6 Å². The SMILES string of the molecule is O=C(O)C1(c2cc3c(cc2F)OCC3)CCCC1. The molecule has 3 nitrogen and oxygen atoms in total. The van der Waals surface area contributed by atoms with Gasteiger partial charge in [-0.2, -0.15) is 0 Å². The Morgan fingerprint density at radius 2 is 2.06 bits per heavy atom. The van der Waals surface area contributed by atoms with Gasteiger partial charge in [0.15, 0.2) is 0 Å². The third-order valence-electron chi connectivity index (χ3n) is 4.16. The zero-order valence-corrected chi connectivity index (χ0v) is 10.0. The largest absolute Gasteiger partial charge is 0.493 e. The normalized spacial score (nSPS) is 20.5. The van der Waals surface area contributed by atoms with Gasteiger partial charge in [0.05, 0.1) is 12.0 Å². The summed E-state index contributed by atoms with van der Waals surface area (Å²) in [4.78, 5) is 11.6. The van der Waals surface area contributed by atoms with Crippen LogP contribution < -0.4 is 4.74 Å². The number of fused-ring (bicyclic) bond motifs is 1. The van der Waals surface area contributed by atoms with Gasteiger partial charge in [0, 0.05) is 18.1 Å². The summed E-state index contributed by atoms with van der Waals surface area (Å²) in [6.45, 7) is 0.554. The Hall–Kier alpha value is -1.58. The van der Waals surface area contributed by atoms with E-state index in [1.165, 1.54) is 6.07 Å². The van der Waals surface area contributed by atoms with E-state index in [4.69, 9.17) is 4.74 Å². The first kappa shape index (κ1) is 11.5. The molecule has 1 aromatic rings. The molecule has 0 unspecified atom stereocenters. The van der Waals surface area contributed by atoms with E-state index in [9.17, 15) is 14.3 Å². The fourth-order valence-corrected chi connectivity index (χ4v) is 3.14. The molecule has 0 spiro atoms. The van der Waals surface area contributed by atoms with Crippen LogP contribution in [0.2, 0.25) is 0 Å². The van der Waals surface area contributed by atoms with E-state index in [0.717, 1.165) is 24.8 Å². The molecule has 96 valence electrons. The maximum atomic E-state index is 14.2. The highest BCUT2D eigenvalue weighted by atomic mass is 19.1. The predicted octanol–water partition coefficient (Wildman–Crippen LogP) is 2.66. The Bertz CT molecular complexity index is 504. The molecular weight excluding hydrogens is 235 g/mol. The Kier molecular flexibility index (Phi) is 2.54. The minimum atomic E-state index is -1.03. The van der Waals surface area contributed by atoms with Gasteiger partial charge in [-0.1, -0.05) is 12.8 Å². The Balaban J connectivity index is 2.13. The van der Waals surface area contributed by atoms with Crippen molar-refractivity contribution < 1.29 is 19.0 Å². The number of aliphatic carboxylic acids is 1. The first-order valence-electron chi connectivity index (χ1n) is 6.32. The molecule has 1 N–H and O–H groups in total. The van der Waals surface area contributed by atoms with Gasteiger partial charge in [0.2, 0.25) is 0 Å². The van der Waals surface area contributed by atoms with Crippen molar-refractivity contribution in [2.24, 2.45) is 0 Å². The van der Waals surface area contributed by atoms with E-state index in [1.54, 1.807) is 6.07 Å². The van der Waals surface area contributed by atoms with Crippen molar-refractivity contribution in [2.75, 3.05) is 6.61 Å². The van der Waals surface area contributed by atoms with Crippen LogP contribution in [0.4, 0.5) is 4.39 Å². The standard InChI is InChI=1S/C14H15FO3/c15-11-8-12-9(3-6-18-12)7-10(11)14(13(16)17)4-1-2-5-14/h7-8H,1-6H2,(H,16,17). The molecule has 1 saturated carbocycles. The lowest BCUT2D eigenvalue weighted by atomic mass is 9.78. The van der Waals surface area contributed by atoms with Gasteiger partial charge in [-0.3, -0.25) is 4.79 Å². The third kappa shape index (κ3) is 1.51. The number of carboxylic acid groups (broad SMARTS) is 1. The zero-order valence-electron chi connectivity index (χ0n) is 10.0. The summed E-state index contributed by atoms with van der Waals surface area (Å²) in [5.74, 6) is -0.785. The summed E-state index contributed by atoms with van der Waals surface area (Å²) in [7, 11) is 0. The molecule has 3 rings (SSSR count). The highest BCUT2D eigenvalue weighted by Crippen LogP contribution is 2.44. The van der Waals surface area contributed by atoms with Gasteiger partial charge in [0.25, 0.3) is 0 Å². The second-order valence-electron chi connectivity index (χ2n) is 5.13. The number of ether oxygens (including phenoxy) is 1. The Morgan fingerprint density at radius 1 is 1.33 bits per heavy atom. The van der Waals surface area contributed by atoms with Crippen molar-refractivity contribution >= 4 is 5.97 Å². The van der Waals surface area contributed by atoms with E-state index in [0.29, 0.717) is 30.8 Å². The van der Waals surface area contributed by atoms with E-state index in [-0.39, 0.29) is 0 Å². The lowest BCUT2D eigenvalue weighted by molar-refractivity contribution is -0.143. The van der Waals surface area contributed by atoms with Crippen LogP contribution in [0.5, 0.6) is 5.75 Å². The molecule has 4 heteroatoms. The number of hydrogen-bond acceptors (Lipinski definition) is 2. The van der Waals surface area contributed by atoms with Crippen LogP contribution in [0.3, 0.4) is 0 Å². The van der Waals surface area contributed by atoms with E-state index in [1.807, 2.05) is 0 Å². The molecule has 0 atom stereocenters. The summed E-state index contributed by atoms with van der Waals surface area (Å²) in [6, 6.07) is 3.05. The van der Waals surface area contributed by atoms with Gasteiger partial charge >= 0.3 is 5.97 Å². The Morgan fingerprint density at radius 3 is 2.72 bits per heavy atom. The zero-order chi connectivity index (χ0) is 12.8. The fourth-order valence-electron chi connectivity index (χ4n) is 3.14. The van der Waals surface area contributed by atoms with Crippen LogP contribution >= 0.6 is 0 Å². The molecule has 0 saturated heterocycles.